The summed E-state index contributed by atoms with van der Waals surface area (Å²) >= 11 is 0. The van der Waals surface area contributed by atoms with E-state index in [1.807, 2.05) is 6.92 Å². The predicted molar refractivity (Wildman–Crippen MR) is 57.2 cm³/mol. The molecule has 0 heterocycles. The Labute approximate surface area is 90.0 Å². The maximum atomic E-state index is 11.3. The summed E-state index contributed by atoms with van der Waals surface area (Å²) in [7, 11) is 0. The van der Waals surface area contributed by atoms with Gasteiger partial charge in [0.25, 0.3) is 0 Å². The van der Waals surface area contributed by atoms with E-state index in [1.54, 1.807) is 0 Å². The Kier molecular flexibility index (Phi) is 2.32. The molecule has 0 spiro atoms. The highest BCUT2D eigenvalue weighted by Gasteiger charge is 2.58. The molecule has 0 amide bonds. The molecule has 4 unspecified atom stereocenters. The van der Waals surface area contributed by atoms with Gasteiger partial charge in [0.15, 0.2) is 0 Å². The number of carboxylic acid groups (broad SMARTS) is 1. The van der Waals surface area contributed by atoms with E-state index in [4.69, 9.17) is 11.5 Å². The minimum atomic E-state index is -1.12. The summed E-state index contributed by atoms with van der Waals surface area (Å²) in [5, 5.41) is 9.25. The molecule has 4 heteroatoms. The van der Waals surface area contributed by atoms with E-state index in [1.165, 1.54) is 0 Å². The molecule has 0 aromatic carbocycles. The minimum absolute atomic E-state index is 0.0498. The molecule has 0 saturated heterocycles. The van der Waals surface area contributed by atoms with Crippen molar-refractivity contribution in [3.05, 3.63) is 0 Å². The molecule has 2 aliphatic rings. The monoisotopic (exact) mass is 212 g/mol. The van der Waals surface area contributed by atoms with Crippen LogP contribution in [0.2, 0.25) is 0 Å². The van der Waals surface area contributed by atoms with E-state index in [9.17, 15) is 9.90 Å². The molecule has 4 atom stereocenters. The smallest absolute Gasteiger partial charge is 0.324 e. The lowest BCUT2D eigenvalue weighted by Gasteiger charge is -2.41. The van der Waals surface area contributed by atoms with E-state index >= 15 is 0 Å². The zero-order chi connectivity index (χ0) is 11.3. The molecular weight excluding hydrogens is 192 g/mol. The lowest BCUT2D eigenvalue weighted by atomic mass is 9.69. The normalized spacial score (nSPS) is 42.9. The number of rotatable bonds is 3. The van der Waals surface area contributed by atoms with Crippen LogP contribution in [0.5, 0.6) is 0 Å². The molecule has 5 N–H and O–H groups in total. The Balaban J connectivity index is 2.27. The van der Waals surface area contributed by atoms with Crippen LogP contribution in [0.15, 0.2) is 0 Å². The maximum absolute atomic E-state index is 11.3. The second kappa shape index (κ2) is 3.19. The lowest BCUT2D eigenvalue weighted by Crippen LogP contribution is -2.62. The van der Waals surface area contributed by atoms with Crippen LogP contribution >= 0.6 is 0 Å². The first-order valence-corrected chi connectivity index (χ1v) is 5.73. The molecule has 0 aromatic heterocycles. The van der Waals surface area contributed by atoms with E-state index in [2.05, 4.69) is 0 Å². The fourth-order valence-corrected chi connectivity index (χ4v) is 3.57. The topological polar surface area (TPSA) is 89.3 Å². The Morgan fingerprint density at radius 1 is 1.67 bits per heavy atom. The van der Waals surface area contributed by atoms with Crippen LogP contribution in [0, 0.1) is 11.8 Å². The summed E-state index contributed by atoms with van der Waals surface area (Å²) in [6, 6.07) is 0. The number of fused-ring (bicyclic) bond motifs is 2. The van der Waals surface area contributed by atoms with Crippen LogP contribution in [0.3, 0.4) is 0 Å². The second-order valence-electron chi connectivity index (χ2n) is 5.33. The van der Waals surface area contributed by atoms with E-state index < -0.39 is 11.5 Å². The second-order valence-corrected chi connectivity index (χ2v) is 5.33. The van der Waals surface area contributed by atoms with Crippen molar-refractivity contribution >= 4 is 5.97 Å². The van der Waals surface area contributed by atoms with Crippen molar-refractivity contribution < 1.29 is 9.90 Å². The maximum Gasteiger partial charge on any atom is 0.324 e. The molecule has 15 heavy (non-hydrogen) atoms. The molecule has 2 rings (SSSR count). The average molecular weight is 212 g/mol. The number of nitrogens with two attached hydrogens (primary N) is 2. The SMILES string of the molecule is CCC(N)(C(=O)O)C1CC2CCC1(N)C2. The van der Waals surface area contributed by atoms with Gasteiger partial charge in [-0.3, -0.25) is 4.79 Å². The molecule has 2 saturated carbocycles. The van der Waals surface area contributed by atoms with Gasteiger partial charge in [0.2, 0.25) is 0 Å². The van der Waals surface area contributed by atoms with Gasteiger partial charge in [-0.25, -0.2) is 0 Å². The standard InChI is InChI=1S/C11H20N2O2/c1-2-11(13,9(14)15)8-5-7-3-4-10(8,12)6-7/h7-8H,2-6,12-13H2,1H3,(H,14,15). The Bertz CT molecular complexity index is 294. The number of aliphatic carboxylic acids is 1. The highest BCUT2D eigenvalue weighted by Crippen LogP contribution is 2.53. The van der Waals surface area contributed by atoms with Crippen LogP contribution in [0.4, 0.5) is 0 Å². The fraction of sp³-hybridized carbons (Fsp3) is 0.909. The van der Waals surface area contributed by atoms with Crippen LogP contribution in [-0.4, -0.2) is 22.2 Å². The molecule has 4 nitrogen and oxygen atoms in total. The van der Waals surface area contributed by atoms with Crippen LogP contribution < -0.4 is 11.5 Å². The van der Waals surface area contributed by atoms with Gasteiger partial charge in [-0.2, -0.15) is 0 Å². The van der Waals surface area contributed by atoms with E-state index in [0.29, 0.717) is 12.3 Å². The molecular formula is C11H20N2O2. The molecule has 0 aliphatic heterocycles. The molecule has 2 aliphatic carbocycles. The quantitative estimate of drug-likeness (QED) is 0.642. The van der Waals surface area contributed by atoms with E-state index in [-0.39, 0.29) is 11.5 Å². The van der Waals surface area contributed by atoms with Crippen molar-refractivity contribution in [1.82, 2.24) is 0 Å². The first-order valence-electron chi connectivity index (χ1n) is 5.73. The van der Waals surface area contributed by atoms with Crippen LogP contribution in [-0.2, 0) is 4.79 Å². The highest BCUT2D eigenvalue weighted by atomic mass is 16.4. The number of carboxylic acids is 1. The van der Waals surface area contributed by atoms with Crippen molar-refractivity contribution in [2.75, 3.05) is 0 Å². The van der Waals surface area contributed by atoms with Crippen molar-refractivity contribution in [3.63, 3.8) is 0 Å². The minimum Gasteiger partial charge on any atom is -0.480 e. The van der Waals surface area contributed by atoms with Crippen LogP contribution in [0.25, 0.3) is 0 Å². The van der Waals surface area contributed by atoms with Crippen molar-refractivity contribution in [3.8, 4) is 0 Å². The van der Waals surface area contributed by atoms with Crippen molar-refractivity contribution in [1.29, 1.82) is 0 Å². The Morgan fingerprint density at radius 3 is 2.67 bits per heavy atom. The fourth-order valence-electron chi connectivity index (χ4n) is 3.57. The van der Waals surface area contributed by atoms with Gasteiger partial charge >= 0.3 is 5.97 Å². The van der Waals surface area contributed by atoms with Crippen molar-refractivity contribution in [2.45, 2.75) is 50.1 Å². The molecule has 0 radical (unpaired) electrons. The number of hydrogen-bond donors (Lipinski definition) is 3. The summed E-state index contributed by atoms with van der Waals surface area (Å²) in [6.45, 7) is 1.84. The summed E-state index contributed by atoms with van der Waals surface area (Å²) in [5.41, 5.74) is 10.9. The molecule has 0 aromatic rings. The predicted octanol–water partition coefficient (Wildman–Crippen LogP) is 0.696. The van der Waals surface area contributed by atoms with Gasteiger partial charge in [-0.1, -0.05) is 6.92 Å². The summed E-state index contributed by atoms with van der Waals surface area (Å²) < 4.78 is 0. The van der Waals surface area contributed by atoms with Gasteiger partial charge in [0.05, 0.1) is 0 Å². The summed E-state index contributed by atoms with van der Waals surface area (Å²) in [5.74, 6) is -0.340. The molecule has 2 fully saturated rings. The first kappa shape index (κ1) is 10.9. The molecule has 86 valence electrons. The highest BCUT2D eigenvalue weighted by molar-refractivity contribution is 5.79. The zero-order valence-corrected chi connectivity index (χ0v) is 9.20. The average Bonchev–Trinajstić information content (AvgIpc) is 2.71. The third-order valence-corrected chi connectivity index (χ3v) is 4.55. The lowest BCUT2D eigenvalue weighted by molar-refractivity contribution is -0.147. The van der Waals surface area contributed by atoms with Gasteiger partial charge in [0.1, 0.15) is 5.54 Å². The number of hydrogen-bond acceptors (Lipinski definition) is 3. The Hall–Kier alpha value is -0.610. The van der Waals surface area contributed by atoms with Gasteiger partial charge in [-0.05, 0) is 38.0 Å². The van der Waals surface area contributed by atoms with Crippen LogP contribution in [0.1, 0.15) is 39.0 Å². The molecule has 2 bridgehead atoms. The summed E-state index contributed by atoms with van der Waals surface area (Å²) in [6.07, 6.45) is 4.40. The van der Waals surface area contributed by atoms with Gasteiger partial charge in [-0.15, -0.1) is 0 Å². The Morgan fingerprint density at radius 2 is 2.33 bits per heavy atom. The van der Waals surface area contributed by atoms with Gasteiger partial charge < -0.3 is 16.6 Å². The van der Waals surface area contributed by atoms with Crippen molar-refractivity contribution in [2.24, 2.45) is 23.3 Å². The first-order chi connectivity index (χ1) is 6.92. The third-order valence-electron chi connectivity index (χ3n) is 4.55. The van der Waals surface area contributed by atoms with Gasteiger partial charge in [0, 0.05) is 11.5 Å². The largest absolute Gasteiger partial charge is 0.480 e. The third kappa shape index (κ3) is 1.39. The zero-order valence-electron chi connectivity index (χ0n) is 9.20. The summed E-state index contributed by atoms with van der Waals surface area (Å²) in [4.78, 5) is 11.3. The van der Waals surface area contributed by atoms with E-state index in [0.717, 1.165) is 25.7 Å². The number of carbonyl (C=O) groups is 1.